The molecule has 0 aromatic carbocycles. The van der Waals surface area contributed by atoms with E-state index in [1.807, 2.05) is 13.8 Å². The number of carboxylic acids is 1. The predicted molar refractivity (Wildman–Crippen MR) is 72.8 cm³/mol. The van der Waals surface area contributed by atoms with E-state index in [2.05, 4.69) is 5.32 Å². The van der Waals surface area contributed by atoms with Gasteiger partial charge in [-0.1, -0.05) is 13.8 Å². The molecule has 1 aliphatic heterocycles. The minimum Gasteiger partial charge on any atom is -0.480 e. The van der Waals surface area contributed by atoms with Crippen molar-refractivity contribution in [1.29, 1.82) is 0 Å². The molecule has 0 aromatic rings. The van der Waals surface area contributed by atoms with Crippen LogP contribution in [0.3, 0.4) is 0 Å². The number of nitrogens with zero attached hydrogens (tertiary/aromatic N) is 1. The van der Waals surface area contributed by atoms with E-state index in [4.69, 9.17) is 10.8 Å². The molecular formula is C13H23N3O4. The van der Waals surface area contributed by atoms with Gasteiger partial charge in [-0.25, -0.2) is 4.79 Å². The number of amides is 2. The van der Waals surface area contributed by atoms with Gasteiger partial charge in [0.1, 0.15) is 6.04 Å². The van der Waals surface area contributed by atoms with Crippen molar-refractivity contribution in [3.8, 4) is 0 Å². The van der Waals surface area contributed by atoms with Crippen molar-refractivity contribution in [1.82, 2.24) is 10.2 Å². The molecule has 114 valence electrons. The minimum atomic E-state index is -0.997. The number of aliphatic carboxylic acids is 1. The second kappa shape index (κ2) is 7.23. The van der Waals surface area contributed by atoms with Crippen LogP contribution < -0.4 is 11.1 Å². The highest BCUT2D eigenvalue weighted by molar-refractivity contribution is 5.89. The smallest absolute Gasteiger partial charge is 0.326 e. The molecule has 7 heteroatoms. The van der Waals surface area contributed by atoms with Crippen LogP contribution in [0, 0.1) is 5.92 Å². The SMILES string of the molecule is CC(C)[C@H](N)C(=O)NCC(=O)N1CCCC[C@@H]1C(=O)O. The van der Waals surface area contributed by atoms with E-state index in [0.29, 0.717) is 13.0 Å². The minimum absolute atomic E-state index is 0.0214. The largest absolute Gasteiger partial charge is 0.480 e. The first-order chi connectivity index (χ1) is 9.34. The Kier molecular flexibility index (Phi) is 5.94. The average molecular weight is 285 g/mol. The van der Waals surface area contributed by atoms with E-state index in [1.54, 1.807) is 0 Å². The zero-order chi connectivity index (χ0) is 15.3. The van der Waals surface area contributed by atoms with Crippen LogP contribution in [0.25, 0.3) is 0 Å². The molecule has 0 saturated carbocycles. The molecule has 0 aromatic heterocycles. The number of likely N-dealkylation sites (tertiary alicyclic amines) is 1. The second-order valence-corrected chi connectivity index (χ2v) is 5.42. The maximum absolute atomic E-state index is 12.0. The van der Waals surface area contributed by atoms with Crippen molar-refractivity contribution < 1.29 is 19.5 Å². The summed E-state index contributed by atoms with van der Waals surface area (Å²) in [7, 11) is 0. The quantitative estimate of drug-likeness (QED) is 0.633. The maximum atomic E-state index is 12.0. The van der Waals surface area contributed by atoms with Gasteiger partial charge in [0.25, 0.3) is 0 Å². The van der Waals surface area contributed by atoms with Gasteiger partial charge in [0.15, 0.2) is 0 Å². The molecule has 0 radical (unpaired) electrons. The Morgan fingerprint density at radius 1 is 1.35 bits per heavy atom. The van der Waals surface area contributed by atoms with E-state index in [1.165, 1.54) is 4.90 Å². The van der Waals surface area contributed by atoms with Crippen LogP contribution in [0.5, 0.6) is 0 Å². The summed E-state index contributed by atoms with van der Waals surface area (Å²) in [5.74, 6) is -1.78. The summed E-state index contributed by atoms with van der Waals surface area (Å²) in [6.07, 6.45) is 2.04. The van der Waals surface area contributed by atoms with Crippen LogP contribution in [-0.4, -0.2) is 53.0 Å². The standard InChI is InChI=1S/C13H23N3O4/c1-8(2)11(14)12(18)15-7-10(17)16-6-4-3-5-9(16)13(19)20/h8-9,11H,3-7,14H2,1-2H3,(H,15,18)(H,19,20)/t9-,11+/m1/s1. The Hall–Kier alpha value is -1.63. The summed E-state index contributed by atoms with van der Waals surface area (Å²) in [6.45, 7) is 3.85. The molecule has 1 aliphatic rings. The molecule has 20 heavy (non-hydrogen) atoms. The van der Waals surface area contributed by atoms with Gasteiger partial charge in [-0.15, -0.1) is 0 Å². The van der Waals surface area contributed by atoms with Crippen molar-refractivity contribution >= 4 is 17.8 Å². The zero-order valence-electron chi connectivity index (χ0n) is 12.0. The van der Waals surface area contributed by atoms with Gasteiger partial charge < -0.3 is 21.1 Å². The lowest BCUT2D eigenvalue weighted by Crippen LogP contribution is -2.53. The van der Waals surface area contributed by atoms with Crippen LogP contribution in [0.1, 0.15) is 33.1 Å². The lowest BCUT2D eigenvalue weighted by molar-refractivity contribution is -0.151. The number of carbonyl (C=O) groups excluding carboxylic acids is 2. The molecule has 0 aliphatic carbocycles. The van der Waals surface area contributed by atoms with E-state index in [0.717, 1.165) is 12.8 Å². The molecule has 1 saturated heterocycles. The van der Waals surface area contributed by atoms with Gasteiger partial charge >= 0.3 is 5.97 Å². The Morgan fingerprint density at radius 2 is 2.00 bits per heavy atom. The fraction of sp³-hybridized carbons (Fsp3) is 0.769. The van der Waals surface area contributed by atoms with Gasteiger partial charge in [0, 0.05) is 6.54 Å². The molecule has 1 fully saturated rings. The lowest BCUT2D eigenvalue weighted by atomic mass is 10.0. The molecule has 0 unspecified atom stereocenters. The number of piperidine rings is 1. The van der Waals surface area contributed by atoms with E-state index in [9.17, 15) is 14.4 Å². The normalized spacial score (nSPS) is 20.6. The molecule has 2 amide bonds. The second-order valence-electron chi connectivity index (χ2n) is 5.42. The molecule has 7 nitrogen and oxygen atoms in total. The summed E-state index contributed by atoms with van der Waals surface area (Å²) < 4.78 is 0. The number of hydrogen-bond acceptors (Lipinski definition) is 4. The number of rotatable bonds is 5. The predicted octanol–water partition coefficient (Wildman–Crippen LogP) is -0.448. The summed E-state index contributed by atoms with van der Waals surface area (Å²) >= 11 is 0. The van der Waals surface area contributed by atoms with Gasteiger partial charge in [0.2, 0.25) is 11.8 Å². The highest BCUT2D eigenvalue weighted by Gasteiger charge is 2.32. The molecular weight excluding hydrogens is 262 g/mol. The van der Waals surface area contributed by atoms with Crippen LogP contribution in [0.4, 0.5) is 0 Å². The van der Waals surface area contributed by atoms with Crippen LogP contribution in [-0.2, 0) is 14.4 Å². The molecule has 1 rings (SSSR count). The number of carboxylic acid groups (broad SMARTS) is 1. The Balaban J connectivity index is 2.53. The third-order valence-corrected chi connectivity index (χ3v) is 3.54. The third kappa shape index (κ3) is 4.19. The average Bonchev–Trinajstić information content (AvgIpc) is 2.43. The Labute approximate surface area is 118 Å². The van der Waals surface area contributed by atoms with Gasteiger partial charge in [-0.3, -0.25) is 9.59 Å². The fourth-order valence-electron chi connectivity index (χ4n) is 2.17. The first-order valence-corrected chi connectivity index (χ1v) is 6.90. The van der Waals surface area contributed by atoms with Gasteiger partial charge in [-0.2, -0.15) is 0 Å². The Morgan fingerprint density at radius 3 is 2.55 bits per heavy atom. The molecule has 1 heterocycles. The summed E-state index contributed by atoms with van der Waals surface area (Å²) in [5, 5.41) is 11.6. The van der Waals surface area contributed by atoms with Crippen molar-refractivity contribution in [3.05, 3.63) is 0 Å². The molecule has 4 N–H and O–H groups in total. The summed E-state index contributed by atoms with van der Waals surface area (Å²) in [5.41, 5.74) is 5.67. The van der Waals surface area contributed by atoms with Crippen molar-refractivity contribution in [2.24, 2.45) is 11.7 Å². The fourth-order valence-corrected chi connectivity index (χ4v) is 2.17. The lowest BCUT2D eigenvalue weighted by Gasteiger charge is -2.33. The topological polar surface area (TPSA) is 113 Å². The number of nitrogens with two attached hydrogens (primary N) is 1. The monoisotopic (exact) mass is 285 g/mol. The van der Waals surface area contributed by atoms with Crippen molar-refractivity contribution in [2.45, 2.75) is 45.2 Å². The van der Waals surface area contributed by atoms with Gasteiger partial charge in [-0.05, 0) is 25.2 Å². The number of carbonyl (C=O) groups is 3. The number of nitrogens with one attached hydrogen (secondary N) is 1. The third-order valence-electron chi connectivity index (χ3n) is 3.54. The molecule has 0 bridgehead atoms. The van der Waals surface area contributed by atoms with Crippen molar-refractivity contribution in [3.63, 3.8) is 0 Å². The molecule has 0 spiro atoms. The Bertz CT molecular complexity index is 384. The zero-order valence-corrected chi connectivity index (χ0v) is 12.0. The van der Waals surface area contributed by atoms with Gasteiger partial charge in [0.05, 0.1) is 12.6 Å². The molecule has 2 atom stereocenters. The highest BCUT2D eigenvalue weighted by atomic mass is 16.4. The van der Waals surface area contributed by atoms with E-state index in [-0.39, 0.29) is 18.4 Å². The van der Waals surface area contributed by atoms with Crippen LogP contribution in [0.15, 0.2) is 0 Å². The van der Waals surface area contributed by atoms with Crippen LogP contribution >= 0.6 is 0 Å². The first-order valence-electron chi connectivity index (χ1n) is 6.90. The summed E-state index contributed by atoms with van der Waals surface area (Å²) in [4.78, 5) is 36.1. The van der Waals surface area contributed by atoms with E-state index < -0.39 is 24.0 Å². The van der Waals surface area contributed by atoms with E-state index >= 15 is 0 Å². The maximum Gasteiger partial charge on any atom is 0.326 e. The highest BCUT2D eigenvalue weighted by Crippen LogP contribution is 2.17. The van der Waals surface area contributed by atoms with Crippen LogP contribution in [0.2, 0.25) is 0 Å². The summed E-state index contributed by atoms with van der Waals surface area (Å²) in [6, 6.07) is -1.45. The first kappa shape index (κ1) is 16.4. The number of hydrogen-bond donors (Lipinski definition) is 3. The van der Waals surface area contributed by atoms with Crippen molar-refractivity contribution in [2.75, 3.05) is 13.1 Å².